The minimum Gasteiger partial charge on any atom is -0.507 e. The van der Waals surface area contributed by atoms with E-state index in [1.807, 2.05) is 6.07 Å². The van der Waals surface area contributed by atoms with Gasteiger partial charge in [0.2, 0.25) is 0 Å². The zero-order valence-corrected chi connectivity index (χ0v) is 11.4. The Morgan fingerprint density at radius 3 is 2.68 bits per heavy atom. The highest BCUT2D eigenvalue weighted by Gasteiger charge is 2.09. The van der Waals surface area contributed by atoms with Crippen LogP contribution in [0.2, 0.25) is 0 Å². The quantitative estimate of drug-likeness (QED) is 0.710. The van der Waals surface area contributed by atoms with Crippen molar-refractivity contribution in [1.82, 2.24) is 9.97 Å². The Hall–Kier alpha value is -3.39. The van der Waals surface area contributed by atoms with Gasteiger partial charge < -0.3 is 10.1 Å². The van der Waals surface area contributed by atoms with E-state index in [0.717, 1.165) is 0 Å². The van der Waals surface area contributed by atoms with Gasteiger partial charge in [-0.15, -0.1) is 0 Å². The normalized spacial score (nSPS) is 11.3. The Balaban J connectivity index is 2.18. The maximum Gasteiger partial charge on any atom is 0.259 e. The lowest BCUT2D eigenvalue weighted by molar-refractivity contribution is 0.474. The molecule has 0 bridgehead atoms. The number of fused-ring (bicyclic) bond motifs is 1. The molecule has 0 spiro atoms. The summed E-state index contributed by atoms with van der Waals surface area (Å²) < 4.78 is 0. The standard InChI is InChI=1S/C17H11N3O2/c18-10-12(9-11-5-1-4-8-15(11)21)16-19-14-7-3-2-6-13(14)17(22)20-16/h1-9,21H,(H,19,20,22). The van der Waals surface area contributed by atoms with Crippen molar-refractivity contribution in [1.29, 1.82) is 5.26 Å². The van der Waals surface area contributed by atoms with Gasteiger partial charge in [0.05, 0.1) is 16.5 Å². The average molecular weight is 289 g/mol. The topological polar surface area (TPSA) is 89.8 Å². The van der Waals surface area contributed by atoms with Crippen LogP contribution in [0.4, 0.5) is 0 Å². The van der Waals surface area contributed by atoms with Gasteiger partial charge in [0, 0.05) is 5.56 Å². The molecule has 0 saturated heterocycles. The van der Waals surface area contributed by atoms with Crippen LogP contribution in [0.3, 0.4) is 0 Å². The second-order valence-electron chi connectivity index (χ2n) is 4.66. The molecule has 0 saturated carbocycles. The monoisotopic (exact) mass is 289 g/mol. The summed E-state index contributed by atoms with van der Waals surface area (Å²) in [4.78, 5) is 19.0. The van der Waals surface area contributed by atoms with Crippen molar-refractivity contribution in [2.45, 2.75) is 0 Å². The van der Waals surface area contributed by atoms with Crippen molar-refractivity contribution in [2.75, 3.05) is 0 Å². The first-order valence-electron chi connectivity index (χ1n) is 6.58. The molecule has 5 nitrogen and oxygen atoms in total. The summed E-state index contributed by atoms with van der Waals surface area (Å²) in [7, 11) is 0. The minimum atomic E-state index is -0.306. The third kappa shape index (κ3) is 2.45. The molecular weight excluding hydrogens is 278 g/mol. The van der Waals surface area contributed by atoms with E-state index in [4.69, 9.17) is 0 Å². The predicted octanol–water partition coefficient (Wildman–Crippen LogP) is 2.69. The van der Waals surface area contributed by atoms with Gasteiger partial charge in [-0.1, -0.05) is 30.3 Å². The Morgan fingerprint density at radius 2 is 1.91 bits per heavy atom. The van der Waals surface area contributed by atoms with Crippen molar-refractivity contribution >= 4 is 22.6 Å². The molecule has 0 aliphatic carbocycles. The van der Waals surface area contributed by atoms with Crippen molar-refractivity contribution < 1.29 is 5.11 Å². The van der Waals surface area contributed by atoms with E-state index in [-0.39, 0.29) is 22.7 Å². The largest absolute Gasteiger partial charge is 0.507 e. The second-order valence-corrected chi connectivity index (χ2v) is 4.66. The molecule has 3 rings (SSSR count). The molecule has 0 fully saturated rings. The number of hydrogen-bond donors (Lipinski definition) is 2. The average Bonchev–Trinajstić information content (AvgIpc) is 2.54. The van der Waals surface area contributed by atoms with E-state index in [1.165, 1.54) is 12.1 Å². The smallest absolute Gasteiger partial charge is 0.259 e. The molecule has 0 radical (unpaired) electrons. The Bertz CT molecular complexity index is 981. The van der Waals surface area contributed by atoms with Crippen LogP contribution >= 0.6 is 0 Å². The Kier molecular flexibility index (Phi) is 3.42. The SMILES string of the molecule is N#CC(=Cc1ccccc1O)c1nc2ccccc2c(=O)[nH]1. The number of hydrogen-bond acceptors (Lipinski definition) is 4. The van der Waals surface area contributed by atoms with E-state index >= 15 is 0 Å². The second kappa shape index (κ2) is 5.54. The summed E-state index contributed by atoms with van der Waals surface area (Å²) in [6.45, 7) is 0. The van der Waals surface area contributed by atoms with Crippen LogP contribution < -0.4 is 5.56 Å². The van der Waals surface area contributed by atoms with Gasteiger partial charge in [-0.2, -0.15) is 5.26 Å². The number of phenolic OH excluding ortho intramolecular Hbond substituents is 1. The van der Waals surface area contributed by atoms with Crippen molar-refractivity contribution in [2.24, 2.45) is 0 Å². The van der Waals surface area contributed by atoms with Crippen molar-refractivity contribution in [3.05, 3.63) is 70.3 Å². The van der Waals surface area contributed by atoms with Crippen LogP contribution in [-0.2, 0) is 0 Å². The first-order valence-corrected chi connectivity index (χ1v) is 6.58. The highest BCUT2D eigenvalue weighted by molar-refractivity contribution is 5.89. The maximum absolute atomic E-state index is 12.1. The number of nitriles is 1. The number of nitrogens with one attached hydrogen (secondary N) is 1. The lowest BCUT2D eigenvalue weighted by atomic mass is 10.1. The van der Waals surface area contributed by atoms with E-state index in [9.17, 15) is 15.2 Å². The number of phenols is 1. The molecule has 0 aliphatic heterocycles. The molecule has 5 heteroatoms. The van der Waals surface area contributed by atoms with Gasteiger partial charge in [-0.05, 0) is 24.3 Å². The maximum atomic E-state index is 12.1. The van der Waals surface area contributed by atoms with Crippen molar-refractivity contribution in [3.63, 3.8) is 0 Å². The Labute approximate surface area is 125 Å². The number of benzene rings is 2. The first kappa shape index (κ1) is 13.6. The molecular formula is C17H11N3O2. The molecule has 2 aromatic carbocycles. The highest BCUT2D eigenvalue weighted by Crippen LogP contribution is 2.22. The summed E-state index contributed by atoms with van der Waals surface area (Å²) in [6, 6.07) is 15.5. The molecule has 2 N–H and O–H groups in total. The van der Waals surface area contributed by atoms with Crippen LogP contribution in [0.25, 0.3) is 22.6 Å². The minimum absolute atomic E-state index is 0.0541. The third-order valence-corrected chi connectivity index (χ3v) is 3.23. The Morgan fingerprint density at radius 1 is 1.18 bits per heavy atom. The number of aromatic amines is 1. The van der Waals surface area contributed by atoms with Crippen molar-refractivity contribution in [3.8, 4) is 11.8 Å². The van der Waals surface area contributed by atoms with Gasteiger partial charge in [0.25, 0.3) is 5.56 Å². The number of nitrogens with zero attached hydrogens (tertiary/aromatic N) is 2. The molecule has 0 aliphatic rings. The van der Waals surface area contributed by atoms with Gasteiger partial charge in [0.1, 0.15) is 11.8 Å². The van der Waals surface area contributed by atoms with E-state index < -0.39 is 0 Å². The highest BCUT2D eigenvalue weighted by atomic mass is 16.3. The van der Waals surface area contributed by atoms with E-state index in [1.54, 1.807) is 42.5 Å². The fraction of sp³-hybridized carbons (Fsp3) is 0. The third-order valence-electron chi connectivity index (χ3n) is 3.23. The number of aromatic hydroxyl groups is 1. The zero-order chi connectivity index (χ0) is 15.5. The van der Waals surface area contributed by atoms with Gasteiger partial charge in [-0.3, -0.25) is 4.79 Å². The summed E-state index contributed by atoms with van der Waals surface area (Å²) in [5.41, 5.74) is 0.859. The predicted molar refractivity (Wildman–Crippen MR) is 84.0 cm³/mol. The van der Waals surface area contributed by atoms with Crippen LogP contribution in [0, 0.1) is 11.3 Å². The fourth-order valence-electron chi connectivity index (χ4n) is 2.13. The summed E-state index contributed by atoms with van der Waals surface area (Å²) in [5, 5.41) is 19.6. The van der Waals surface area contributed by atoms with E-state index in [2.05, 4.69) is 9.97 Å². The van der Waals surface area contributed by atoms with Crippen LogP contribution in [-0.4, -0.2) is 15.1 Å². The molecule has 3 aromatic rings. The van der Waals surface area contributed by atoms with Gasteiger partial charge in [-0.25, -0.2) is 4.98 Å². The van der Waals surface area contributed by atoms with Crippen LogP contribution in [0.1, 0.15) is 11.4 Å². The first-order chi connectivity index (χ1) is 10.7. The molecule has 0 atom stereocenters. The molecule has 0 amide bonds. The van der Waals surface area contributed by atoms with Crippen LogP contribution in [0.15, 0.2) is 53.3 Å². The fourth-order valence-corrected chi connectivity index (χ4v) is 2.13. The number of para-hydroxylation sites is 2. The zero-order valence-electron chi connectivity index (χ0n) is 11.4. The molecule has 106 valence electrons. The molecule has 22 heavy (non-hydrogen) atoms. The summed E-state index contributed by atoms with van der Waals surface area (Å²) in [5.74, 6) is 0.229. The van der Waals surface area contributed by atoms with E-state index in [0.29, 0.717) is 16.5 Å². The molecule has 0 unspecified atom stereocenters. The number of H-pyrrole nitrogens is 1. The van der Waals surface area contributed by atoms with Gasteiger partial charge >= 0.3 is 0 Å². The summed E-state index contributed by atoms with van der Waals surface area (Å²) >= 11 is 0. The number of rotatable bonds is 2. The summed E-state index contributed by atoms with van der Waals surface area (Å²) in [6.07, 6.45) is 1.49. The molecule has 1 heterocycles. The van der Waals surface area contributed by atoms with Crippen LogP contribution in [0.5, 0.6) is 5.75 Å². The number of allylic oxidation sites excluding steroid dienone is 1. The number of aromatic nitrogens is 2. The lowest BCUT2D eigenvalue weighted by Crippen LogP contribution is -2.11. The molecule has 1 aromatic heterocycles. The van der Waals surface area contributed by atoms with Gasteiger partial charge in [0.15, 0.2) is 5.82 Å². The lowest BCUT2D eigenvalue weighted by Gasteiger charge is -2.03.